The maximum Gasteiger partial charge on any atom is 0.243 e. The first-order valence-corrected chi connectivity index (χ1v) is 10.3. The van der Waals surface area contributed by atoms with Gasteiger partial charge in [-0.05, 0) is 55.7 Å². The largest absolute Gasteiger partial charge is 0.489 e. The highest BCUT2D eigenvalue weighted by molar-refractivity contribution is 7.89. The minimum Gasteiger partial charge on any atom is -0.489 e. The van der Waals surface area contributed by atoms with Crippen LogP contribution in [0.15, 0.2) is 47.6 Å². The van der Waals surface area contributed by atoms with Crippen molar-refractivity contribution < 1.29 is 17.5 Å². The van der Waals surface area contributed by atoms with Crippen LogP contribution < -0.4 is 4.74 Å². The van der Waals surface area contributed by atoms with E-state index in [2.05, 4.69) is 4.98 Å². The fourth-order valence-corrected chi connectivity index (χ4v) is 6.06. The molecule has 2 aromatic rings. The van der Waals surface area contributed by atoms with Gasteiger partial charge in [0.05, 0.1) is 11.1 Å². The minimum absolute atomic E-state index is 0.0156. The second kappa shape index (κ2) is 6.63. The van der Waals surface area contributed by atoms with E-state index in [-0.39, 0.29) is 23.1 Å². The van der Waals surface area contributed by atoms with Crippen LogP contribution in [0, 0.1) is 12.7 Å². The van der Waals surface area contributed by atoms with Crippen LogP contribution in [0.5, 0.6) is 5.75 Å². The molecule has 1 aromatic carbocycles. The van der Waals surface area contributed by atoms with Gasteiger partial charge in [-0.25, -0.2) is 12.8 Å². The summed E-state index contributed by atoms with van der Waals surface area (Å²) in [6.45, 7) is 1.58. The number of hydrogen-bond donors (Lipinski definition) is 0. The molecule has 138 valence electrons. The molecule has 0 spiro atoms. The van der Waals surface area contributed by atoms with Gasteiger partial charge in [-0.3, -0.25) is 4.98 Å². The van der Waals surface area contributed by atoms with Crippen LogP contribution in [0.4, 0.5) is 4.39 Å². The Morgan fingerprint density at radius 1 is 1.19 bits per heavy atom. The number of halogens is 1. The lowest BCUT2D eigenvalue weighted by atomic mass is 10.0. The molecule has 2 bridgehead atoms. The predicted octanol–water partition coefficient (Wildman–Crippen LogP) is 3.29. The van der Waals surface area contributed by atoms with Gasteiger partial charge in [0.25, 0.3) is 0 Å². The van der Waals surface area contributed by atoms with E-state index >= 15 is 0 Å². The first-order chi connectivity index (χ1) is 12.4. The number of pyridine rings is 1. The van der Waals surface area contributed by atoms with Crippen molar-refractivity contribution in [3.05, 3.63) is 54.1 Å². The number of nitrogens with zero attached hydrogens (tertiary/aromatic N) is 2. The highest BCUT2D eigenvalue weighted by atomic mass is 32.2. The van der Waals surface area contributed by atoms with Crippen molar-refractivity contribution in [3.63, 3.8) is 0 Å². The molecule has 2 aliphatic rings. The van der Waals surface area contributed by atoms with E-state index in [4.69, 9.17) is 4.74 Å². The molecule has 0 N–H and O–H groups in total. The number of rotatable bonds is 4. The summed E-state index contributed by atoms with van der Waals surface area (Å²) in [5, 5.41) is 0. The van der Waals surface area contributed by atoms with Gasteiger partial charge in [0.2, 0.25) is 10.0 Å². The van der Waals surface area contributed by atoms with Crippen LogP contribution in [0.25, 0.3) is 0 Å². The molecule has 0 amide bonds. The number of ether oxygens (including phenoxy) is 1. The Hall–Kier alpha value is -1.99. The zero-order valence-corrected chi connectivity index (χ0v) is 15.3. The summed E-state index contributed by atoms with van der Waals surface area (Å²) in [4.78, 5) is 4.22. The second-order valence-corrected chi connectivity index (χ2v) is 8.87. The molecule has 5 nitrogen and oxygen atoms in total. The van der Waals surface area contributed by atoms with Gasteiger partial charge in [0, 0.05) is 31.1 Å². The van der Waals surface area contributed by atoms with Crippen LogP contribution in [-0.4, -0.2) is 35.9 Å². The number of aryl methyl sites for hydroxylation is 1. The summed E-state index contributed by atoms with van der Waals surface area (Å²) < 4.78 is 47.4. The second-order valence-electron chi connectivity index (χ2n) is 7.03. The molecule has 7 heteroatoms. The van der Waals surface area contributed by atoms with E-state index in [1.165, 1.54) is 18.2 Å². The molecular weight excluding hydrogens is 355 g/mol. The lowest BCUT2D eigenvalue weighted by Crippen LogP contribution is -2.49. The van der Waals surface area contributed by atoms with Crippen molar-refractivity contribution in [2.24, 2.45) is 0 Å². The van der Waals surface area contributed by atoms with E-state index in [1.54, 1.807) is 23.6 Å². The van der Waals surface area contributed by atoms with E-state index in [0.29, 0.717) is 24.2 Å². The van der Waals surface area contributed by atoms with Gasteiger partial charge in [-0.2, -0.15) is 4.31 Å². The molecule has 0 radical (unpaired) electrons. The maximum atomic E-state index is 13.5. The standard InChI is InChI=1S/C19H21FN2O3S/c1-13-9-18(6-7-19(13)20)26(23,24)22-14-4-5-15(22)11-17(10-14)25-16-3-2-8-21-12-16/h2-3,6-9,12,14-15,17H,4-5,10-11H2,1H3/t14-,15-/m0/s1. The molecule has 0 saturated carbocycles. The number of piperidine rings is 1. The van der Waals surface area contributed by atoms with Crippen molar-refractivity contribution in [1.29, 1.82) is 0 Å². The molecule has 2 aliphatic heterocycles. The van der Waals surface area contributed by atoms with E-state index in [1.807, 2.05) is 12.1 Å². The highest BCUT2D eigenvalue weighted by Gasteiger charge is 2.47. The molecule has 2 saturated heterocycles. The Bertz CT molecular complexity index is 890. The molecule has 3 heterocycles. The fraction of sp³-hybridized carbons (Fsp3) is 0.421. The number of sulfonamides is 1. The molecule has 2 fully saturated rings. The summed E-state index contributed by atoms with van der Waals surface area (Å²) in [5.74, 6) is 0.317. The molecule has 0 unspecified atom stereocenters. The first-order valence-electron chi connectivity index (χ1n) is 8.81. The third kappa shape index (κ3) is 3.10. The number of benzene rings is 1. The third-order valence-electron chi connectivity index (χ3n) is 5.26. The van der Waals surface area contributed by atoms with Crippen LogP contribution in [0.1, 0.15) is 31.2 Å². The zero-order chi connectivity index (χ0) is 18.3. The van der Waals surface area contributed by atoms with Crippen LogP contribution in [0.3, 0.4) is 0 Å². The van der Waals surface area contributed by atoms with Crippen molar-refractivity contribution >= 4 is 10.0 Å². The topological polar surface area (TPSA) is 59.5 Å². The lowest BCUT2D eigenvalue weighted by molar-refractivity contribution is 0.0953. The van der Waals surface area contributed by atoms with Gasteiger partial charge in [0.1, 0.15) is 17.7 Å². The minimum atomic E-state index is -3.63. The zero-order valence-electron chi connectivity index (χ0n) is 14.5. The van der Waals surface area contributed by atoms with Crippen LogP contribution in [-0.2, 0) is 10.0 Å². The monoisotopic (exact) mass is 376 g/mol. The smallest absolute Gasteiger partial charge is 0.243 e. The summed E-state index contributed by atoms with van der Waals surface area (Å²) in [6.07, 6.45) is 6.32. The number of aromatic nitrogens is 1. The van der Waals surface area contributed by atoms with Crippen molar-refractivity contribution in [3.8, 4) is 5.75 Å². The Labute approximate surface area is 152 Å². The molecule has 4 rings (SSSR count). The lowest BCUT2D eigenvalue weighted by Gasteiger charge is -2.37. The normalized spacial score (nSPS) is 26.0. The molecule has 1 aromatic heterocycles. The summed E-state index contributed by atoms with van der Waals surface area (Å²) in [7, 11) is -3.63. The van der Waals surface area contributed by atoms with E-state index in [9.17, 15) is 12.8 Å². The molecule has 26 heavy (non-hydrogen) atoms. The Balaban J connectivity index is 1.55. The number of fused-ring (bicyclic) bond motifs is 2. The molecular formula is C19H21FN2O3S. The maximum absolute atomic E-state index is 13.5. The van der Waals surface area contributed by atoms with Crippen LogP contribution in [0.2, 0.25) is 0 Å². The van der Waals surface area contributed by atoms with Gasteiger partial charge in [0.15, 0.2) is 0 Å². The third-order valence-corrected chi connectivity index (χ3v) is 7.27. The average Bonchev–Trinajstić information content (AvgIpc) is 2.90. The van der Waals surface area contributed by atoms with Crippen molar-refractivity contribution in [1.82, 2.24) is 9.29 Å². The van der Waals surface area contributed by atoms with Crippen LogP contribution >= 0.6 is 0 Å². The summed E-state index contributed by atoms with van der Waals surface area (Å²) in [6, 6.07) is 7.52. The SMILES string of the molecule is Cc1cc(S(=O)(=O)N2[C@H]3CC[C@H]2CC(Oc2cccnc2)C3)ccc1F. The van der Waals surface area contributed by atoms with Gasteiger partial charge >= 0.3 is 0 Å². The molecule has 0 aliphatic carbocycles. The Kier molecular flexibility index (Phi) is 4.44. The van der Waals surface area contributed by atoms with Gasteiger partial charge < -0.3 is 4.74 Å². The van der Waals surface area contributed by atoms with E-state index in [0.717, 1.165) is 12.8 Å². The van der Waals surface area contributed by atoms with Crippen molar-refractivity contribution in [2.45, 2.75) is 55.7 Å². The highest BCUT2D eigenvalue weighted by Crippen LogP contribution is 2.41. The summed E-state index contributed by atoms with van der Waals surface area (Å²) in [5.41, 5.74) is 0.341. The van der Waals surface area contributed by atoms with Gasteiger partial charge in [-0.1, -0.05) is 0 Å². The van der Waals surface area contributed by atoms with Crippen molar-refractivity contribution in [2.75, 3.05) is 0 Å². The Morgan fingerprint density at radius 3 is 2.54 bits per heavy atom. The van der Waals surface area contributed by atoms with E-state index < -0.39 is 15.8 Å². The fourth-order valence-electron chi connectivity index (χ4n) is 4.08. The van der Waals surface area contributed by atoms with Gasteiger partial charge in [-0.15, -0.1) is 0 Å². The average molecular weight is 376 g/mol. The molecule has 2 atom stereocenters. The predicted molar refractivity (Wildman–Crippen MR) is 94.9 cm³/mol. The Morgan fingerprint density at radius 2 is 1.92 bits per heavy atom. The first kappa shape index (κ1) is 17.4. The summed E-state index contributed by atoms with van der Waals surface area (Å²) >= 11 is 0. The number of hydrogen-bond acceptors (Lipinski definition) is 4. The quantitative estimate of drug-likeness (QED) is 0.822.